The highest BCUT2D eigenvalue weighted by atomic mass is 35.5. The van der Waals surface area contributed by atoms with Gasteiger partial charge in [-0.25, -0.2) is 4.98 Å². The van der Waals surface area contributed by atoms with E-state index >= 15 is 0 Å². The predicted molar refractivity (Wildman–Crippen MR) is 70.1 cm³/mol. The van der Waals surface area contributed by atoms with Gasteiger partial charge in [0.15, 0.2) is 0 Å². The van der Waals surface area contributed by atoms with Crippen LogP contribution in [0.2, 0.25) is 5.15 Å². The van der Waals surface area contributed by atoms with Crippen LogP contribution in [0.5, 0.6) is 0 Å². The zero-order valence-electron chi connectivity index (χ0n) is 10.4. The van der Waals surface area contributed by atoms with E-state index in [0.29, 0.717) is 29.4 Å². The molecular weight excluding hydrogens is 238 g/mol. The maximum atomic E-state index is 12.0. The van der Waals surface area contributed by atoms with Gasteiger partial charge in [0.25, 0.3) is 0 Å². The predicted octanol–water partition coefficient (Wildman–Crippen LogP) is 2.50. The molecule has 0 fully saturated rings. The van der Waals surface area contributed by atoms with Crippen LogP contribution >= 0.6 is 11.6 Å². The molecule has 0 saturated heterocycles. The number of nitrogens with two attached hydrogens (primary N) is 1. The van der Waals surface area contributed by atoms with Crippen molar-refractivity contribution in [3.05, 3.63) is 23.0 Å². The number of nitrogens with zero attached hydrogens (tertiary/aromatic N) is 1. The summed E-state index contributed by atoms with van der Waals surface area (Å²) in [6.07, 6.45) is 1.19. The van der Waals surface area contributed by atoms with Crippen molar-refractivity contribution in [3.8, 4) is 0 Å². The molecule has 1 aromatic heterocycles. The summed E-state index contributed by atoms with van der Waals surface area (Å²) in [7, 11) is 0. The highest BCUT2D eigenvalue weighted by Crippen LogP contribution is 2.19. The van der Waals surface area contributed by atoms with Gasteiger partial charge in [-0.1, -0.05) is 25.4 Å². The zero-order valence-corrected chi connectivity index (χ0v) is 11.1. The fourth-order valence-corrected chi connectivity index (χ4v) is 1.67. The van der Waals surface area contributed by atoms with E-state index in [-0.39, 0.29) is 5.91 Å². The van der Waals surface area contributed by atoms with E-state index in [1.807, 2.05) is 13.8 Å². The monoisotopic (exact) mass is 255 g/mol. The highest BCUT2D eigenvalue weighted by Gasteiger charge is 2.30. The summed E-state index contributed by atoms with van der Waals surface area (Å²) in [6.45, 7) is 5.59. The number of hydrogen-bond donors (Lipinski definition) is 2. The summed E-state index contributed by atoms with van der Waals surface area (Å²) in [5.74, 6) is -0.185. The normalized spacial score (nSPS) is 11.4. The molecule has 1 aromatic rings. The number of carbonyl (C=O) groups is 1. The lowest BCUT2D eigenvalue weighted by Gasteiger charge is -2.25. The quantitative estimate of drug-likeness (QED) is 0.813. The third-order valence-electron chi connectivity index (χ3n) is 3.01. The Bertz CT molecular complexity index is 416. The fourth-order valence-electron chi connectivity index (χ4n) is 1.48. The second-order valence-electron chi connectivity index (χ2n) is 4.08. The van der Waals surface area contributed by atoms with Crippen molar-refractivity contribution in [2.24, 2.45) is 5.73 Å². The van der Waals surface area contributed by atoms with Crippen molar-refractivity contribution >= 4 is 23.2 Å². The van der Waals surface area contributed by atoms with Crippen molar-refractivity contribution in [3.63, 3.8) is 0 Å². The number of amides is 1. The molecule has 1 heterocycles. The first-order valence-corrected chi connectivity index (χ1v) is 6.04. The van der Waals surface area contributed by atoms with Crippen LogP contribution in [0.25, 0.3) is 0 Å². The van der Waals surface area contributed by atoms with Crippen molar-refractivity contribution in [1.82, 2.24) is 4.98 Å². The fraction of sp³-hybridized carbons (Fsp3) is 0.500. The molecule has 4 nitrogen and oxygen atoms in total. The Morgan fingerprint density at radius 3 is 2.53 bits per heavy atom. The van der Waals surface area contributed by atoms with E-state index < -0.39 is 5.54 Å². The number of pyridine rings is 1. The summed E-state index contributed by atoms with van der Waals surface area (Å²) in [4.78, 5) is 16.1. The number of aryl methyl sites for hydroxylation is 1. The molecule has 94 valence electrons. The van der Waals surface area contributed by atoms with Crippen molar-refractivity contribution in [1.29, 1.82) is 0 Å². The van der Waals surface area contributed by atoms with Crippen LogP contribution in [-0.4, -0.2) is 16.4 Å². The van der Waals surface area contributed by atoms with E-state index in [4.69, 9.17) is 17.3 Å². The Hall–Kier alpha value is -1.13. The summed E-state index contributed by atoms with van der Waals surface area (Å²) < 4.78 is 0. The summed E-state index contributed by atoms with van der Waals surface area (Å²) in [5.41, 5.74) is 6.51. The Morgan fingerprint density at radius 2 is 2.06 bits per heavy atom. The van der Waals surface area contributed by atoms with Crippen molar-refractivity contribution in [2.45, 2.75) is 39.2 Å². The number of halogens is 1. The number of nitrogens with one attached hydrogen (secondary N) is 1. The second kappa shape index (κ2) is 5.47. The average molecular weight is 256 g/mol. The third kappa shape index (κ3) is 3.17. The molecule has 1 amide bonds. The van der Waals surface area contributed by atoms with Gasteiger partial charge in [0.2, 0.25) is 5.91 Å². The standard InChI is InChI=1S/C12H18ClN3O/c1-4-12(14,5-2)11(17)16-9-6-7-10(13)15-8(9)3/h6-7H,4-5,14H2,1-3H3,(H,16,17). The number of hydrogen-bond acceptors (Lipinski definition) is 3. The summed E-state index contributed by atoms with van der Waals surface area (Å²) in [6, 6.07) is 3.37. The first-order valence-electron chi connectivity index (χ1n) is 5.66. The maximum absolute atomic E-state index is 12.0. The number of aromatic nitrogens is 1. The van der Waals surface area contributed by atoms with Crippen LogP contribution in [0.15, 0.2) is 12.1 Å². The lowest BCUT2D eigenvalue weighted by molar-refractivity contribution is -0.121. The topological polar surface area (TPSA) is 68.0 Å². The number of rotatable bonds is 4. The van der Waals surface area contributed by atoms with E-state index in [1.165, 1.54) is 0 Å². The second-order valence-corrected chi connectivity index (χ2v) is 4.47. The molecule has 0 saturated carbocycles. The number of anilines is 1. The van der Waals surface area contributed by atoms with E-state index in [9.17, 15) is 4.79 Å². The molecule has 0 aliphatic rings. The van der Waals surface area contributed by atoms with Gasteiger partial charge in [0.1, 0.15) is 5.15 Å². The summed E-state index contributed by atoms with van der Waals surface area (Å²) in [5, 5.41) is 3.20. The van der Waals surface area contributed by atoms with Gasteiger partial charge in [-0.05, 0) is 31.9 Å². The van der Waals surface area contributed by atoms with Crippen LogP contribution in [0.3, 0.4) is 0 Å². The Balaban J connectivity index is 2.88. The first kappa shape index (κ1) is 13.9. The third-order valence-corrected chi connectivity index (χ3v) is 3.22. The Morgan fingerprint density at radius 1 is 1.47 bits per heavy atom. The molecule has 3 N–H and O–H groups in total. The molecule has 0 atom stereocenters. The molecule has 1 rings (SSSR count). The van der Waals surface area contributed by atoms with Crippen LogP contribution in [0.1, 0.15) is 32.4 Å². The van der Waals surface area contributed by atoms with E-state index in [2.05, 4.69) is 10.3 Å². The van der Waals surface area contributed by atoms with Crippen molar-refractivity contribution in [2.75, 3.05) is 5.32 Å². The molecule has 5 heteroatoms. The van der Waals surface area contributed by atoms with Crippen molar-refractivity contribution < 1.29 is 4.79 Å². The van der Waals surface area contributed by atoms with Gasteiger partial charge in [-0.15, -0.1) is 0 Å². The molecule has 0 aliphatic heterocycles. The highest BCUT2D eigenvalue weighted by molar-refractivity contribution is 6.29. The van der Waals surface area contributed by atoms with Crippen LogP contribution in [0.4, 0.5) is 5.69 Å². The lowest BCUT2D eigenvalue weighted by Crippen LogP contribution is -2.50. The molecule has 0 aromatic carbocycles. The van der Waals surface area contributed by atoms with E-state index in [1.54, 1.807) is 19.1 Å². The van der Waals surface area contributed by atoms with Crippen LogP contribution in [0, 0.1) is 6.92 Å². The molecular formula is C12H18ClN3O. The molecule has 0 bridgehead atoms. The van der Waals surface area contributed by atoms with E-state index in [0.717, 1.165) is 0 Å². The zero-order chi connectivity index (χ0) is 13.1. The first-order chi connectivity index (χ1) is 7.92. The minimum atomic E-state index is -0.827. The largest absolute Gasteiger partial charge is 0.323 e. The Kier molecular flexibility index (Phi) is 4.48. The van der Waals surface area contributed by atoms with Gasteiger partial charge >= 0.3 is 0 Å². The Labute approximate surface area is 107 Å². The van der Waals surface area contributed by atoms with Gasteiger partial charge in [0, 0.05) is 0 Å². The van der Waals surface area contributed by atoms with Gasteiger partial charge in [-0.3, -0.25) is 4.79 Å². The van der Waals surface area contributed by atoms with Gasteiger partial charge in [-0.2, -0.15) is 0 Å². The average Bonchev–Trinajstić information content (AvgIpc) is 2.31. The molecule has 0 radical (unpaired) electrons. The summed E-state index contributed by atoms with van der Waals surface area (Å²) >= 11 is 5.75. The number of carbonyl (C=O) groups excluding carboxylic acids is 1. The SMILES string of the molecule is CCC(N)(CC)C(=O)Nc1ccc(Cl)nc1C. The molecule has 0 aliphatic carbocycles. The smallest absolute Gasteiger partial charge is 0.244 e. The van der Waals surface area contributed by atoms with Gasteiger partial charge < -0.3 is 11.1 Å². The molecule has 17 heavy (non-hydrogen) atoms. The van der Waals surface area contributed by atoms with Crippen LogP contribution in [-0.2, 0) is 4.79 Å². The lowest BCUT2D eigenvalue weighted by atomic mass is 9.93. The molecule has 0 unspecified atom stereocenters. The maximum Gasteiger partial charge on any atom is 0.244 e. The van der Waals surface area contributed by atoms with Gasteiger partial charge in [0.05, 0.1) is 16.9 Å². The van der Waals surface area contributed by atoms with Crippen LogP contribution < -0.4 is 11.1 Å². The molecule has 0 spiro atoms. The minimum absolute atomic E-state index is 0.185. The minimum Gasteiger partial charge on any atom is -0.323 e.